The summed E-state index contributed by atoms with van der Waals surface area (Å²) in [5.41, 5.74) is 1.95. The molecule has 0 bridgehead atoms. The quantitative estimate of drug-likeness (QED) is 0.824. The molecule has 2 heterocycles. The third-order valence-corrected chi connectivity index (χ3v) is 5.02. The molecule has 0 spiro atoms. The minimum Gasteiger partial charge on any atom is -0.331 e. The molecule has 0 unspecified atom stereocenters. The Balaban J connectivity index is 1.80. The second-order valence-electron chi connectivity index (χ2n) is 5.75. The highest BCUT2D eigenvalue weighted by Gasteiger charge is 2.29. The van der Waals surface area contributed by atoms with E-state index in [4.69, 9.17) is 0 Å². The van der Waals surface area contributed by atoms with E-state index in [2.05, 4.69) is 15.0 Å². The number of benzene rings is 1. The van der Waals surface area contributed by atoms with E-state index in [1.165, 1.54) is 0 Å². The van der Waals surface area contributed by atoms with Crippen molar-refractivity contribution in [2.24, 2.45) is 4.40 Å². The van der Waals surface area contributed by atoms with Gasteiger partial charge in [0.25, 0.3) is 15.9 Å². The molecule has 2 aliphatic heterocycles. The number of amidine groups is 1. The number of sulfonamides is 1. The molecule has 1 aromatic rings. The molecule has 0 radical (unpaired) electrons. The zero-order valence-corrected chi connectivity index (χ0v) is 14.7. The van der Waals surface area contributed by atoms with Crippen LogP contribution in [0.25, 0.3) is 0 Å². The molecule has 7 nitrogen and oxygen atoms in total. The van der Waals surface area contributed by atoms with Gasteiger partial charge in [-0.25, -0.2) is 8.42 Å². The van der Waals surface area contributed by atoms with Gasteiger partial charge in [-0.2, -0.15) is 0 Å². The van der Waals surface area contributed by atoms with E-state index in [0.29, 0.717) is 18.8 Å². The average molecular weight is 360 g/mol. The summed E-state index contributed by atoms with van der Waals surface area (Å²) in [4.78, 5) is 14.3. The Morgan fingerprint density at radius 2 is 2.20 bits per heavy atom. The molecule has 1 aromatic carbocycles. The molecular weight excluding hydrogens is 340 g/mol. The highest BCUT2D eigenvalue weighted by molar-refractivity contribution is 7.90. The first-order valence-electron chi connectivity index (χ1n) is 8.07. The van der Waals surface area contributed by atoms with Crippen LogP contribution in [0.3, 0.4) is 0 Å². The molecule has 2 N–H and O–H groups in total. The predicted octanol–water partition coefficient (Wildman–Crippen LogP) is 1.23. The number of hydrogen-bond acceptors (Lipinski definition) is 5. The number of nitrogens with zero attached hydrogens (tertiary/aromatic N) is 2. The summed E-state index contributed by atoms with van der Waals surface area (Å²) in [5, 5.41) is 6.05. The van der Waals surface area contributed by atoms with Crippen LogP contribution in [0, 0.1) is 0 Å². The number of fused-ring (bicyclic) bond motifs is 1. The maximum atomic E-state index is 12.6. The Hall–Kier alpha value is -2.45. The Morgan fingerprint density at radius 3 is 3.00 bits per heavy atom. The van der Waals surface area contributed by atoms with Gasteiger partial charge in [0.2, 0.25) is 0 Å². The van der Waals surface area contributed by atoms with Crippen LogP contribution in [0.2, 0.25) is 0 Å². The van der Waals surface area contributed by atoms with Gasteiger partial charge in [-0.1, -0.05) is 19.1 Å². The van der Waals surface area contributed by atoms with E-state index < -0.39 is 10.0 Å². The largest absolute Gasteiger partial charge is 0.331 e. The molecule has 0 saturated carbocycles. The lowest BCUT2D eigenvalue weighted by atomic mass is 10.1. The van der Waals surface area contributed by atoms with E-state index in [1.807, 2.05) is 25.1 Å². The predicted molar refractivity (Wildman–Crippen MR) is 97.6 cm³/mol. The topological polar surface area (TPSA) is 90.9 Å². The summed E-state index contributed by atoms with van der Waals surface area (Å²) < 4.78 is 27.3. The van der Waals surface area contributed by atoms with Crippen molar-refractivity contribution >= 4 is 27.5 Å². The van der Waals surface area contributed by atoms with Crippen LogP contribution < -0.4 is 10.6 Å². The van der Waals surface area contributed by atoms with Gasteiger partial charge >= 0.3 is 0 Å². The highest BCUT2D eigenvalue weighted by atomic mass is 32.2. The summed E-state index contributed by atoms with van der Waals surface area (Å²) in [7, 11) is -3.53. The molecule has 132 valence electrons. The van der Waals surface area contributed by atoms with E-state index in [1.54, 1.807) is 29.3 Å². The van der Waals surface area contributed by atoms with Crippen molar-refractivity contribution < 1.29 is 13.2 Å². The molecule has 0 aliphatic carbocycles. The van der Waals surface area contributed by atoms with Gasteiger partial charge in [0, 0.05) is 25.0 Å². The van der Waals surface area contributed by atoms with Gasteiger partial charge in [-0.3, -0.25) is 4.79 Å². The first kappa shape index (κ1) is 17.4. The summed E-state index contributed by atoms with van der Waals surface area (Å²) in [6, 6.07) is 7.52. The van der Waals surface area contributed by atoms with E-state index in [9.17, 15) is 13.2 Å². The number of amides is 1. The first-order chi connectivity index (χ1) is 12.0. The van der Waals surface area contributed by atoms with E-state index >= 15 is 0 Å². The molecule has 0 aromatic heterocycles. The molecule has 3 rings (SSSR count). The normalized spacial score (nSPS) is 18.2. The smallest absolute Gasteiger partial charge is 0.259 e. The van der Waals surface area contributed by atoms with Crippen LogP contribution in [0.5, 0.6) is 0 Å². The van der Waals surface area contributed by atoms with Gasteiger partial charge in [-0.15, -0.1) is 4.40 Å². The van der Waals surface area contributed by atoms with E-state index in [0.717, 1.165) is 12.1 Å². The number of carbonyl (C=O) groups is 1. The molecule has 1 amide bonds. The summed E-state index contributed by atoms with van der Waals surface area (Å²) >= 11 is 0. The van der Waals surface area contributed by atoms with Gasteiger partial charge in [0.1, 0.15) is 0 Å². The van der Waals surface area contributed by atoms with Crippen molar-refractivity contribution in [2.45, 2.75) is 13.5 Å². The molecular formula is C17H20N4O3S. The number of rotatable bonds is 5. The summed E-state index contributed by atoms with van der Waals surface area (Å²) in [6.07, 6.45) is 5.02. The standard InChI is InChI=1S/C17H20N4O3S/c1-2-18-12-13-5-3-6-14(11-13)19-17(22)15-7-4-8-21-9-10-25(23,24)20-16(15)21/h3-8,11,18H,2,9-10,12H2,1H3,(H,19,22). The van der Waals surface area contributed by atoms with Crippen molar-refractivity contribution in [3.8, 4) is 0 Å². The minimum atomic E-state index is -3.53. The fourth-order valence-electron chi connectivity index (χ4n) is 2.62. The maximum absolute atomic E-state index is 12.6. The van der Waals surface area contributed by atoms with Gasteiger partial charge in [-0.05, 0) is 36.4 Å². The van der Waals surface area contributed by atoms with Crippen molar-refractivity contribution in [3.05, 3.63) is 53.8 Å². The fraction of sp³-hybridized carbons (Fsp3) is 0.294. The van der Waals surface area contributed by atoms with Crippen LogP contribution in [0.15, 0.2) is 52.6 Å². The highest BCUT2D eigenvalue weighted by Crippen LogP contribution is 2.19. The van der Waals surface area contributed by atoms with E-state index in [-0.39, 0.29) is 23.1 Å². The number of hydrogen-bond donors (Lipinski definition) is 2. The van der Waals surface area contributed by atoms with Gasteiger partial charge in [0.15, 0.2) is 5.84 Å². The van der Waals surface area contributed by atoms with Gasteiger partial charge < -0.3 is 15.5 Å². The van der Waals surface area contributed by atoms with Crippen LogP contribution in [0.4, 0.5) is 5.69 Å². The van der Waals surface area contributed by atoms with Crippen LogP contribution in [0.1, 0.15) is 12.5 Å². The zero-order valence-electron chi connectivity index (χ0n) is 13.9. The number of allylic oxidation sites excluding steroid dienone is 2. The molecule has 2 aliphatic rings. The SMILES string of the molecule is CCNCc1cccc(NC(=O)C2=CC=CN3CCS(=O)(=O)N=C23)c1. The van der Waals surface area contributed by atoms with Crippen molar-refractivity contribution in [2.75, 3.05) is 24.2 Å². The van der Waals surface area contributed by atoms with Gasteiger partial charge in [0.05, 0.1) is 11.3 Å². The maximum Gasteiger partial charge on any atom is 0.259 e. The lowest BCUT2D eigenvalue weighted by Crippen LogP contribution is -2.40. The second kappa shape index (κ2) is 7.20. The Labute approximate surface area is 147 Å². The molecule has 8 heteroatoms. The molecule has 25 heavy (non-hydrogen) atoms. The number of nitrogens with one attached hydrogen (secondary N) is 2. The number of carbonyl (C=O) groups excluding carboxylic acids is 1. The third-order valence-electron chi connectivity index (χ3n) is 3.87. The Morgan fingerprint density at radius 1 is 1.36 bits per heavy atom. The lowest BCUT2D eigenvalue weighted by molar-refractivity contribution is -0.112. The second-order valence-corrected chi connectivity index (χ2v) is 7.51. The minimum absolute atomic E-state index is 0.0534. The monoisotopic (exact) mass is 360 g/mol. The number of anilines is 1. The van der Waals surface area contributed by atoms with Crippen LogP contribution in [-0.2, 0) is 21.4 Å². The third kappa shape index (κ3) is 4.15. The Kier molecular flexibility index (Phi) is 5.00. The molecule has 0 saturated heterocycles. The lowest BCUT2D eigenvalue weighted by Gasteiger charge is -2.28. The first-order valence-corrected chi connectivity index (χ1v) is 9.68. The van der Waals surface area contributed by atoms with Crippen LogP contribution in [-0.4, -0.2) is 43.9 Å². The fourth-order valence-corrected chi connectivity index (χ4v) is 3.61. The van der Waals surface area contributed by atoms with Crippen LogP contribution >= 0.6 is 0 Å². The van der Waals surface area contributed by atoms with Crippen molar-refractivity contribution in [3.63, 3.8) is 0 Å². The average Bonchev–Trinajstić information content (AvgIpc) is 2.59. The van der Waals surface area contributed by atoms with Crippen molar-refractivity contribution in [1.82, 2.24) is 10.2 Å². The molecule has 0 fully saturated rings. The summed E-state index contributed by atoms with van der Waals surface area (Å²) in [6.45, 7) is 3.89. The Bertz CT molecular complexity index is 872. The zero-order chi connectivity index (χ0) is 17.9. The summed E-state index contributed by atoms with van der Waals surface area (Å²) in [5.74, 6) is -0.261. The molecule has 0 atom stereocenters. The van der Waals surface area contributed by atoms with Crippen molar-refractivity contribution in [1.29, 1.82) is 0 Å².